The number of carbonyl (C=O) groups is 1. The van der Waals surface area contributed by atoms with Gasteiger partial charge in [0.05, 0.1) is 18.5 Å². The lowest BCUT2D eigenvalue weighted by Crippen LogP contribution is -2.20. The van der Waals surface area contributed by atoms with E-state index in [9.17, 15) is 4.79 Å². The molecule has 0 unspecified atom stereocenters. The second kappa shape index (κ2) is 12.1. The van der Waals surface area contributed by atoms with Crippen molar-refractivity contribution < 1.29 is 14.2 Å². The van der Waals surface area contributed by atoms with Crippen molar-refractivity contribution in [3.63, 3.8) is 0 Å². The number of rotatable bonds is 9. The lowest BCUT2D eigenvalue weighted by atomic mass is 10.2. The standard InChI is InChI=1S/C23H20ClN9O3S2/c24-16-3-1-2-15(10-16)12-35-17-6-4-14(5-7-17)11-27-29-22(34)19-18(13-38-23-26-8-9-37-23)33(32-28-19)21-20(25)30-36-31-21/h1-7,10-11H,8-9,12-13H2,(H2,25,30)(H,29,34)/b27-11-. The number of nitrogen functional groups attached to an aromatic ring is 1. The van der Waals surface area contributed by atoms with Gasteiger partial charge in [0.1, 0.15) is 16.7 Å². The van der Waals surface area contributed by atoms with E-state index >= 15 is 0 Å². The molecule has 0 atom stereocenters. The summed E-state index contributed by atoms with van der Waals surface area (Å²) in [5, 5.41) is 20.1. The number of hydrazone groups is 1. The summed E-state index contributed by atoms with van der Waals surface area (Å²) < 4.78 is 12.7. The second-order valence-corrected chi connectivity index (χ2v) is 10.5. The summed E-state index contributed by atoms with van der Waals surface area (Å²) in [6.07, 6.45) is 1.51. The van der Waals surface area contributed by atoms with E-state index in [1.165, 1.54) is 22.7 Å². The molecule has 5 rings (SSSR count). The van der Waals surface area contributed by atoms with Crippen molar-refractivity contribution in [1.29, 1.82) is 0 Å². The van der Waals surface area contributed by atoms with Crippen LogP contribution < -0.4 is 15.9 Å². The molecule has 0 aliphatic carbocycles. The van der Waals surface area contributed by atoms with E-state index in [2.05, 4.69) is 40.8 Å². The van der Waals surface area contributed by atoms with Gasteiger partial charge in [-0.15, -0.1) is 5.10 Å². The van der Waals surface area contributed by atoms with Crippen molar-refractivity contribution in [3.05, 3.63) is 76.1 Å². The van der Waals surface area contributed by atoms with Gasteiger partial charge in [0, 0.05) is 16.5 Å². The third kappa shape index (κ3) is 6.33. The Balaban J connectivity index is 1.23. The molecule has 1 aliphatic heterocycles. The predicted molar refractivity (Wildman–Crippen MR) is 147 cm³/mol. The Kier molecular flexibility index (Phi) is 8.21. The van der Waals surface area contributed by atoms with E-state index in [1.807, 2.05) is 48.5 Å². The molecular formula is C23H20ClN9O3S2. The van der Waals surface area contributed by atoms with Gasteiger partial charge in [-0.25, -0.2) is 10.1 Å². The van der Waals surface area contributed by atoms with Crippen LogP contribution in [0.1, 0.15) is 27.3 Å². The van der Waals surface area contributed by atoms with Gasteiger partial charge in [0.2, 0.25) is 11.6 Å². The number of ether oxygens (including phenoxy) is 1. The monoisotopic (exact) mass is 569 g/mol. The molecule has 0 saturated carbocycles. The van der Waals surface area contributed by atoms with Crippen LogP contribution in [-0.2, 0) is 12.4 Å². The number of carbonyl (C=O) groups excluding carboxylic acids is 1. The number of hydrogen-bond donors (Lipinski definition) is 2. The summed E-state index contributed by atoms with van der Waals surface area (Å²) >= 11 is 9.13. The first-order valence-corrected chi connectivity index (χ1v) is 13.6. The van der Waals surface area contributed by atoms with Crippen molar-refractivity contribution in [1.82, 2.24) is 30.7 Å². The lowest BCUT2D eigenvalue weighted by Gasteiger charge is -2.07. The van der Waals surface area contributed by atoms with Gasteiger partial charge in [-0.3, -0.25) is 9.79 Å². The summed E-state index contributed by atoms with van der Waals surface area (Å²) in [6, 6.07) is 14.8. The number of hydrogen-bond acceptors (Lipinski definition) is 12. The Hall–Kier alpha value is -3.88. The quantitative estimate of drug-likeness (QED) is 0.225. The molecule has 38 heavy (non-hydrogen) atoms. The fraction of sp³-hybridized carbons (Fsp3) is 0.174. The minimum atomic E-state index is -0.541. The van der Waals surface area contributed by atoms with Crippen LogP contribution in [0.4, 0.5) is 5.82 Å². The van der Waals surface area contributed by atoms with E-state index < -0.39 is 5.91 Å². The Labute approximate surface area is 230 Å². The summed E-state index contributed by atoms with van der Waals surface area (Å²) in [6.45, 7) is 1.16. The maximum atomic E-state index is 12.9. The minimum absolute atomic E-state index is 0.0266. The molecule has 2 aromatic carbocycles. The average Bonchev–Trinajstić information content (AvgIpc) is 3.68. The number of aromatic nitrogens is 5. The van der Waals surface area contributed by atoms with Gasteiger partial charge in [-0.05, 0) is 57.8 Å². The molecule has 0 saturated heterocycles. The van der Waals surface area contributed by atoms with Gasteiger partial charge < -0.3 is 10.5 Å². The number of halogens is 1. The summed E-state index contributed by atoms with van der Waals surface area (Å²) in [5.74, 6) is 1.61. The molecule has 1 aliphatic rings. The fourth-order valence-corrected chi connectivity index (χ4v) is 5.52. The van der Waals surface area contributed by atoms with Crippen molar-refractivity contribution in [3.8, 4) is 11.6 Å². The van der Waals surface area contributed by atoms with Gasteiger partial charge in [0.15, 0.2) is 5.69 Å². The van der Waals surface area contributed by atoms with Crippen molar-refractivity contribution in [2.75, 3.05) is 18.0 Å². The second-order valence-electron chi connectivity index (χ2n) is 7.74. The number of nitrogens with one attached hydrogen (secondary N) is 1. The Morgan fingerprint density at radius 1 is 1.29 bits per heavy atom. The SMILES string of the molecule is Nc1nonc1-n1nnc(C(=O)N/N=C\c2ccc(OCc3cccc(Cl)c3)cc2)c1CSC1=NCCS1. The smallest absolute Gasteiger partial charge is 0.293 e. The maximum Gasteiger partial charge on any atom is 0.293 e. The first kappa shape index (κ1) is 25.8. The zero-order chi connectivity index (χ0) is 26.3. The largest absolute Gasteiger partial charge is 0.489 e. The molecule has 0 fully saturated rings. The molecular weight excluding hydrogens is 550 g/mol. The Morgan fingerprint density at radius 2 is 2.16 bits per heavy atom. The van der Waals surface area contributed by atoms with Crippen molar-refractivity contribution in [2.24, 2.45) is 10.1 Å². The molecule has 0 radical (unpaired) electrons. The summed E-state index contributed by atoms with van der Waals surface area (Å²) in [5.41, 5.74) is 10.6. The summed E-state index contributed by atoms with van der Waals surface area (Å²) in [4.78, 5) is 17.3. The highest BCUT2D eigenvalue weighted by atomic mass is 35.5. The molecule has 15 heteroatoms. The number of benzene rings is 2. The molecule has 4 aromatic rings. The normalized spacial score (nSPS) is 13.1. The highest BCUT2D eigenvalue weighted by Gasteiger charge is 2.24. The highest BCUT2D eigenvalue weighted by molar-refractivity contribution is 8.38. The van der Waals surface area contributed by atoms with Gasteiger partial charge >= 0.3 is 0 Å². The zero-order valence-electron chi connectivity index (χ0n) is 19.7. The first-order chi connectivity index (χ1) is 18.6. The Bertz CT molecular complexity index is 1490. The zero-order valence-corrected chi connectivity index (χ0v) is 22.0. The van der Waals surface area contributed by atoms with Crippen LogP contribution in [0.25, 0.3) is 5.82 Å². The molecule has 0 bridgehead atoms. The van der Waals surface area contributed by atoms with Crippen LogP contribution in [0.5, 0.6) is 5.75 Å². The van der Waals surface area contributed by atoms with Crippen LogP contribution in [-0.4, -0.2) is 54.1 Å². The van der Waals surface area contributed by atoms with Gasteiger partial charge in [-0.2, -0.15) is 9.78 Å². The van der Waals surface area contributed by atoms with E-state index in [0.717, 1.165) is 27.8 Å². The van der Waals surface area contributed by atoms with Crippen molar-refractivity contribution >= 4 is 57.4 Å². The number of aliphatic imine (C=N–C) groups is 1. The van der Waals surface area contributed by atoms with Crippen molar-refractivity contribution in [2.45, 2.75) is 12.4 Å². The molecule has 12 nitrogen and oxygen atoms in total. The van der Waals surface area contributed by atoms with Crippen LogP contribution >= 0.6 is 35.1 Å². The number of nitrogens with zero attached hydrogens (tertiary/aromatic N) is 7. The minimum Gasteiger partial charge on any atom is -0.489 e. The first-order valence-electron chi connectivity index (χ1n) is 11.2. The predicted octanol–water partition coefficient (Wildman–Crippen LogP) is 3.56. The molecule has 0 spiro atoms. The fourth-order valence-electron chi connectivity index (χ4n) is 3.31. The van der Waals surface area contributed by atoms with Crippen LogP contribution in [0.2, 0.25) is 5.02 Å². The molecule has 3 N–H and O–H groups in total. The van der Waals surface area contributed by atoms with Gasteiger partial charge in [0.25, 0.3) is 5.91 Å². The van der Waals surface area contributed by atoms with Crippen LogP contribution in [0, 0.1) is 0 Å². The third-order valence-corrected chi connectivity index (χ3v) is 7.62. The molecule has 2 aromatic heterocycles. The van der Waals surface area contributed by atoms with Crippen LogP contribution in [0.15, 0.2) is 63.3 Å². The van der Waals surface area contributed by atoms with E-state index in [-0.39, 0.29) is 17.3 Å². The number of thioether (sulfide) groups is 2. The van der Waals surface area contributed by atoms with Crippen LogP contribution in [0.3, 0.4) is 0 Å². The molecule has 194 valence electrons. The maximum absolute atomic E-state index is 12.9. The lowest BCUT2D eigenvalue weighted by molar-refractivity contribution is 0.0949. The topological polar surface area (TPSA) is 159 Å². The van der Waals surface area contributed by atoms with Gasteiger partial charge in [-0.1, -0.05) is 52.5 Å². The number of anilines is 1. The highest BCUT2D eigenvalue weighted by Crippen LogP contribution is 2.27. The van der Waals surface area contributed by atoms with E-state index in [0.29, 0.717) is 28.8 Å². The summed E-state index contributed by atoms with van der Waals surface area (Å²) in [7, 11) is 0. The molecule has 1 amide bonds. The third-order valence-electron chi connectivity index (χ3n) is 5.12. The average molecular weight is 570 g/mol. The van der Waals surface area contributed by atoms with E-state index in [1.54, 1.807) is 11.8 Å². The molecule has 3 heterocycles. The Morgan fingerprint density at radius 3 is 2.89 bits per heavy atom. The number of amides is 1. The van der Waals surface area contributed by atoms with E-state index in [4.69, 9.17) is 22.1 Å². The number of nitrogens with two attached hydrogens (primary N) is 1.